The molecule has 0 bridgehead atoms. The molecule has 0 radical (unpaired) electrons. The number of nitro groups is 1. The predicted octanol–water partition coefficient (Wildman–Crippen LogP) is 4.14. The molecule has 1 aromatic carbocycles. The minimum atomic E-state index is -0.711. The van der Waals surface area contributed by atoms with Crippen molar-refractivity contribution in [2.75, 3.05) is 11.9 Å². The first-order valence-electron chi connectivity index (χ1n) is 9.24. The first kappa shape index (κ1) is 19.9. The van der Waals surface area contributed by atoms with E-state index in [0.29, 0.717) is 5.13 Å². The van der Waals surface area contributed by atoms with Crippen LogP contribution in [0.4, 0.5) is 10.8 Å². The van der Waals surface area contributed by atoms with Gasteiger partial charge in [-0.3, -0.25) is 20.2 Å². The van der Waals surface area contributed by atoms with Crippen LogP contribution in [0.1, 0.15) is 63.9 Å². The fourth-order valence-corrected chi connectivity index (χ4v) is 4.15. The fraction of sp³-hybridized carbons (Fsp3) is 0.421. The molecule has 0 aliphatic heterocycles. The number of carbonyl (C=O) groups is 2. The number of nitrogens with one attached hydrogen (secondary N) is 1. The Kier molecular flexibility index (Phi) is 6.35. The summed E-state index contributed by atoms with van der Waals surface area (Å²) in [6.45, 7) is 1.77. The average molecular weight is 403 g/mol. The number of nitro benzene ring substituents is 1. The van der Waals surface area contributed by atoms with Crippen LogP contribution < -0.4 is 5.32 Å². The van der Waals surface area contributed by atoms with E-state index < -0.39 is 16.8 Å². The van der Waals surface area contributed by atoms with Crippen molar-refractivity contribution in [2.45, 2.75) is 45.4 Å². The quantitative estimate of drug-likeness (QED) is 0.456. The Hall–Kier alpha value is -2.81. The number of fused-ring (bicyclic) bond motifs is 1. The molecule has 1 aliphatic rings. The van der Waals surface area contributed by atoms with E-state index in [4.69, 9.17) is 4.74 Å². The van der Waals surface area contributed by atoms with Gasteiger partial charge in [-0.15, -0.1) is 11.3 Å². The molecule has 0 spiro atoms. The third-order valence-corrected chi connectivity index (χ3v) is 5.54. The van der Waals surface area contributed by atoms with Gasteiger partial charge in [0.2, 0.25) is 0 Å². The number of thiazole rings is 1. The molecule has 1 aliphatic carbocycles. The van der Waals surface area contributed by atoms with E-state index in [2.05, 4.69) is 10.3 Å². The zero-order valence-corrected chi connectivity index (χ0v) is 16.3. The van der Waals surface area contributed by atoms with Gasteiger partial charge < -0.3 is 4.74 Å². The highest BCUT2D eigenvalue weighted by atomic mass is 32.1. The van der Waals surface area contributed by atoms with Crippen LogP contribution in [0.25, 0.3) is 0 Å². The lowest BCUT2D eigenvalue weighted by atomic mass is 10.0. The van der Waals surface area contributed by atoms with E-state index in [9.17, 15) is 19.7 Å². The smallest absolute Gasteiger partial charge is 0.338 e. The van der Waals surface area contributed by atoms with Crippen molar-refractivity contribution in [1.29, 1.82) is 0 Å². The van der Waals surface area contributed by atoms with Crippen molar-refractivity contribution in [1.82, 2.24) is 4.98 Å². The van der Waals surface area contributed by atoms with Gasteiger partial charge in [0.05, 0.1) is 22.8 Å². The van der Waals surface area contributed by atoms with E-state index in [-0.39, 0.29) is 23.4 Å². The summed E-state index contributed by atoms with van der Waals surface area (Å²) in [5, 5.41) is 14.4. The lowest BCUT2D eigenvalue weighted by Gasteiger charge is -2.06. The van der Waals surface area contributed by atoms with Crippen molar-refractivity contribution in [3.63, 3.8) is 0 Å². The molecular weight excluding hydrogens is 382 g/mol. The number of hydrogen-bond donors (Lipinski definition) is 1. The maximum atomic E-state index is 12.7. The number of non-ortho nitro benzene ring substituents is 1. The maximum Gasteiger partial charge on any atom is 0.338 e. The molecule has 9 heteroatoms. The van der Waals surface area contributed by atoms with E-state index in [1.54, 1.807) is 6.92 Å². The van der Waals surface area contributed by atoms with Crippen LogP contribution in [0.2, 0.25) is 0 Å². The van der Waals surface area contributed by atoms with Crippen LogP contribution in [0.15, 0.2) is 18.2 Å². The van der Waals surface area contributed by atoms with Crippen LogP contribution in [0, 0.1) is 10.1 Å². The lowest BCUT2D eigenvalue weighted by molar-refractivity contribution is -0.384. The number of aromatic nitrogens is 1. The number of aryl methyl sites for hydroxylation is 2. The van der Waals surface area contributed by atoms with Crippen LogP contribution in [-0.2, 0) is 17.6 Å². The second kappa shape index (κ2) is 8.92. The topological polar surface area (TPSA) is 111 Å². The molecule has 1 amide bonds. The molecule has 0 saturated heterocycles. The Balaban J connectivity index is 1.84. The summed E-state index contributed by atoms with van der Waals surface area (Å²) >= 11 is 1.44. The summed E-state index contributed by atoms with van der Waals surface area (Å²) in [4.78, 5) is 40.9. The van der Waals surface area contributed by atoms with Gasteiger partial charge in [0.25, 0.3) is 11.6 Å². The predicted molar refractivity (Wildman–Crippen MR) is 105 cm³/mol. The van der Waals surface area contributed by atoms with E-state index in [0.717, 1.165) is 43.5 Å². The first-order chi connectivity index (χ1) is 13.5. The van der Waals surface area contributed by atoms with Gasteiger partial charge in [-0.2, -0.15) is 0 Å². The Bertz CT molecular complexity index is 883. The molecule has 8 nitrogen and oxygen atoms in total. The van der Waals surface area contributed by atoms with E-state index in [1.165, 1.54) is 35.1 Å². The Morgan fingerprint density at radius 3 is 2.61 bits per heavy atom. The Labute approximate surface area is 166 Å². The lowest BCUT2D eigenvalue weighted by Crippen LogP contribution is -2.14. The monoisotopic (exact) mass is 403 g/mol. The zero-order valence-electron chi connectivity index (χ0n) is 15.5. The van der Waals surface area contributed by atoms with Crippen LogP contribution >= 0.6 is 11.3 Å². The van der Waals surface area contributed by atoms with Gasteiger partial charge in [0.15, 0.2) is 5.13 Å². The number of benzene rings is 1. The van der Waals surface area contributed by atoms with Crippen molar-refractivity contribution in [2.24, 2.45) is 0 Å². The van der Waals surface area contributed by atoms with Crippen molar-refractivity contribution in [3.05, 3.63) is 50.0 Å². The molecule has 0 unspecified atom stereocenters. The molecule has 148 valence electrons. The minimum absolute atomic E-state index is 0.0138. The van der Waals surface area contributed by atoms with E-state index in [1.807, 2.05) is 0 Å². The first-order valence-corrected chi connectivity index (χ1v) is 10.1. The number of anilines is 1. The number of carbonyl (C=O) groups excluding carboxylic acids is 2. The van der Waals surface area contributed by atoms with Crippen molar-refractivity contribution < 1.29 is 19.2 Å². The van der Waals surface area contributed by atoms with Crippen LogP contribution in [-0.4, -0.2) is 28.4 Å². The third kappa shape index (κ3) is 4.72. The number of rotatable bonds is 5. The number of esters is 1. The highest BCUT2D eigenvalue weighted by molar-refractivity contribution is 7.15. The summed E-state index contributed by atoms with van der Waals surface area (Å²) in [5.41, 5.74) is 0.654. The van der Waals surface area contributed by atoms with Gasteiger partial charge in [0, 0.05) is 22.6 Å². The highest BCUT2D eigenvalue weighted by Gasteiger charge is 2.20. The SMILES string of the molecule is CCOC(=O)c1cc(C(=O)Nc2nc3c(s2)CCCCCC3)cc([N+](=O)[O-])c1. The summed E-state index contributed by atoms with van der Waals surface area (Å²) < 4.78 is 4.89. The maximum absolute atomic E-state index is 12.7. The number of ether oxygens (including phenoxy) is 1. The molecule has 0 fully saturated rings. The molecule has 28 heavy (non-hydrogen) atoms. The molecule has 1 aromatic heterocycles. The second-order valence-electron chi connectivity index (χ2n) is 6.50. The van der Waals surface area contributed by atoms with Crippen molar-refractivity contribution >= 4 is 34.0 Å². The molecule has 1 heterocycles. The number of nitrogens with zero attached hydrogens (tertiary/aromatic N) is 2. The minimum Gasteiger partial charge on any atom is -0.462 e. The average Bonchev–Trinajstić information content (AvgIpc) is 3.02. The van der Waals surface area contributed by atoms with Gasteiger partial charge in [-0.1, -0.05) is 12.8 Å². The molecule has 3 rings (SSSR count). The highest BCUT2D eigenvalue weighted by Crippen LogP contribution is 2.29. The number of hydrogen-bond acceptors (Lipinski definition) is 7. The Morgan fingerprint density at radius 2 is 1.89 bits per heavy atom. The van der Waals surface area contributed by atoms with Crippen molar-refractivity contribution in [3.8, 4) is 0 Å². The zero-order chi connectivity index (χ0) is 20.1. The summed E-state index contributed by atoms with van der Waals surface area (Å²) in [6.07, 6.45) is 6.42. The standard InChI is InChI=1S/C19H21N3O5S/c1-2-27-18(24)13-9-12(10-14(11-13)22(25)26)17(23)21-19-20-15-7-5-3-4-6-8-16(15)28-19/h9-11H,2-8H2,1H3,(H,20,21,23). The summed E-state index contributed by atoms with van der Waals surface area (Å²) in [6, 6.07) is 3.54. The number of amides is 1. The van der Waals surface area contributed by atoms with Gasteiger partial charge >= 0.3 is 5.97 Å². The van der Waals surface area contributed by atoms with Gasteiger partial charge in [-0.25, -0.2) is 9.78 Å². The van der Waals surface area contributed by atoms with Gasteiger partial charge in [-0.05, 0) is 38.7 Å². The van der Waals surface area contributed by atoms with E-state index >= 15 is 0 Å². The second-order valence-corrected chi connectivity index (χ2v) is 7.59. The molecular formula is C19H21N3O5S. The molecule has 2 aromatic rings. The molecule has 1 N–H and O–H groups in total. The van der Waals surface area contributed by atoms with Gasteiger partial charge in [0.1, 0.15) is 0 Å². The Morgan fingerprint density at radius 1 is 1.18 bits per heavy atom. The van der Waals surface area contributed by atoms with Crippen LogP contribution in [0.5, 0.6) is 0 Å². The summed E-state index contributed by atoms with van der Waals surface area (Å²) in [7, 11) is 0. The third-order valence-electron chi connectivity index (χ3n) is 4.47. The molecule has 0 saturated carbocycles. The summed E-state index contributed by atoms with van der Waals surface area (Å²) in [5.74, 6) is -1.26. The normalized spacial score (nSPS) is 13.8. The largest absolute Gasteiger partial charge is 0.462 e. The molecule has 0 atom stereocenters. The van der Waals surface area contributed by atoms with Crippen LogP contribution in [0.3, 0.4) is 0 Å². The fourth-order valence-electron chi connectivity index (χ4n) is 3.11.